The Morgan fingerprint density at radius 2 is 2.12 bits per heavy atom. The summed E-state index contributed by atoms with van der Waals surface area (Å²) in [5, 5.41) is 42.6. The number of aliphatic hydroxyl groups is 3. The third-order valence-electron chi connectivity index (χ3n) is 5.00. The summed E-state index contributed by atoms with van der Waals surface area (Å²) in [7, 11) is 0. The number of hydrogen-bond acceptors (Lipinski definition) is 10. The molecule has 0 amide bonds. The van der Waals surface area contributed by atoms with E-state index in [0.717, 1.165) is 15.1 Å². The molecule has 3 N–H and O–H groups in total. The van der Waals surface area contributed by atoms with E-state index in [1.807, 2.05) is 19.9 Å². The van der Waals surface area contributed by atoms with Crippen LogP contribution in [-0.2, 0) is 4.74 Å². The predicted molar refractivity (Wildman–Crippen MR) is 125 cm³/mol. The summed E-state index contributed by atoms with van der Waals surface area (Å²) in [6.45, 7) is 3.64. The summed E-state index contributed by atoms with van der Waals surface area (Å²) in [5.41, 5.74) is 0.549. The molecule has 1 fully saturated rings. The molecule has 5 unspecified atom stereocenters. The molecule has 4 rings (SSSR count). The standard InChI is InChI=1S/C19H21BrClN5O4S2/c1-8(2)14-12(3-9(20)4-22-14)32-19-17(29)15(16(28)11(6-27)30-19)26-5-10(24-25-26)18-23-13(21)7-31-18/h3-5,7-8,11,15-17,19,27-29H,6H2,1-2H3. The molecule has 0 saturated carbocycles. The van der Waals surface area contributed by atoms with Gasteiger partial charge in [0.2, 0.25) is 0 Å². The van der Waals surface area contributed by atoms with E-state index in [0.29, 0.717) is 15.9 Å². The average molecular weight is 563 g/mol. The van der Waals surface area contributed by atoms with Crippen molar-refractivity contribution in [1.29, 1.82) is 0 Å². The number of pyridine rings is 1. The van der Waals surface area contributed by atoms with Crippen molar-refractivity contribution in [3.63, 3.8) is 0 Å². The summed E-state index contributed by atoms with van der Waals surface area (Å²) >= 11 is 11.9. The van der Waals surface area contributed by atoms with Crippen molar-refractivity contribution < 1.29 is 20.1 Å². The molecule has 1 aliphatic rings. The smallest absolute Gasteiger partial charge is 0.147 e. The molecule has 32 heavy (non-hydrogen) atoms. The van der Waals surface area contributed by atoms with E-state index >= 15 is 0 Å². The number of aliphatic hydroxyl groups excluding tert-OH is 3. The highest BCUT2D eigenvalue weighted by Gasteiger charge is 2.46. The lowest BCUT2D eigenvalue weighted by Crippen LogP contribution is -2.55. The van der Waals surface area contributed by atoms with E-state index in [-0.39, 0.29) is 5.92 Å². The summed E-state index contributed by atoms with van der Waals surface area (Å²) in [6, 6.07) is 1.02. The quantitative estimate of drug-likeness (QED) is 0.415. The van der Waals surface area contributed by atoms with E-state index in [4.69, 9.17) is 16.3 Å². The van der Waals surface area contributed by atoms with Crippen molar-refractivity contribution in [1.82, 2.24) is 25.0 Å². The van der Waals surface area contributed by atoms with E-state index in [1.54, 1.807) is 17.8 Å². The molecule has 13 heteroatoms. The largest absolute Gasteiger partial charge is 0.394 e. The second-order valence-corrected chi connectivity index (χ2v) is 10.9. The lowest BCUT2D eigenvalue weighted by atomic mass is 9.97. The zero-order valence-electron chi connectivity index (χ0n) is 17.0. The van der Waals surface area contributed by atoms with Crippen LogP contribution in [0.1, 0.15) is 31.5 Å². The van der Waals surface area contributed by atoms with Gasteiger partial charge in [0.05, 0.1) is 18.5 Å². The molecule has 3 aromatic rings. The fourth-order valence-electron chi connectivity index (χ4n) is 3.45. The van der Waals surface area contributed by atoms with Crippen molar-refractivity contribution in [3.8, 4) is 10.7 Å². The van der Waals surface area contributed by atoms with Crippen LogP contribution in [0.25, 0.3) is 10.7 Å². The van der Waals surface area contributed by atoms with Crippen LogP contribution in [0.5, 0.6) is 0 Å². The monoisotopic (exact) mass is 561 g/mol. The molecule has 0 bridgehead atoms. The van der Waals surface area contributed by atoms with Crippen molar-refractivity contribution in [2.24, 2.45) is 0 Å². The first-order valence-electron chi connectivity index (χ1n) is 9.76. The summed E-state index contributed by atoms with van der Waals surface area (Å²) in [5.74, 6) is 0.157. The number of hydrogen-bond donors (Lipinski definition) is 3. The normalized spacial score (nSPS) is 26.1. The molecule has 3 aromatic heterocycles. The molecule has 5 atom stereocenters. The second kappa shape index (κ2) is 10.0. The second-order valence-electron chi connectivity index (χ2n) is 7.57. The molecule has 172 valence electrons. The number of nitrogens with zero attached hydrogens (tertiary/aromatic N) is 5. The lowest BCUT2D eigenvalue weighted by molar-refractivity contribution is -0.178. The van der Waals surface area contributed by atoms with Crippen LogP contribution in [0.4, 0.5) is 0 Å². The zero-order chi connectivity index (χ0) is 23.0. The van der Waals surface area contributed by atoms with E-state index < -0.39 is 36.4 Å². The van der Waals surface area contributed by atoms with Gasteiger partial charge in [-0.25, -0.2) is 9.67 Å². The third-order valence-corrected chi connectivity index (χ3v) is 7.82. The maximum absolute atomic E-state index is 11.2. The van der Waals surface area contributed by atoms with E-state index in [2.05, 4.69) is 36.2 Å². The first-order chi connectivity index (χ1) is 15.3. The van der Waals surface area contributed by atoms with Crippen LogP contribution in [0.2, 0.25) is 5.15 Å². The molecule has 0 spiro atoms. The van der Waals surface area contributed by atoms with Gasteiger partial charge in [0.25, 0.3) is 0 Å². The number of aromatic nitrogens is 5. The van der Waals surface area contributed by atoms with Gasteiger partial charge in [0.15, 0.2) is 0 Å². The highest BCUT2D eigenvalue weighted by atomic mass is 79.9. The molecule has 1 saturated heterocycles. The van der Waals surface area contributed by atoms with Crippen molar-refractivity contribution in [2.45, 2.75) is 54.5 Å². The molecule has 0 radical (unpaired) electrons. The highest BCUT2D eigenvalue weighted by Crippen LogP contribution is 2.40. The molecular formula is C19H21BrClN5O4S2. The minimum atomic E-state index is -1.20. The van der Waals surface area contributed by atoms with Gasteiger partial charge in [-0.05, 0) is 27.9 Å². The molecule has 9 nitrogen and oxygen atoms in total. The van der Waals surface area contributed by atoms with Crippen molar-refractivity contribution in [3.05, 3.63) is 39.2 Å². The Bertz CT molecular complexity index is 1080. The van der Waals surface area contributed by atoms with Crippen LogP contribution >= 0.6 is 50.6 Å². The minimum Gasteiger partial charge on any atom is -0.394 e. The van der Waals surface area contributed by atoms with Gasteiger partial charge in [-0.3, -0.25) is 4.98 Å². The van der Waals surface area contributed by atoms with Gasteiger partial charge in [-0.15, -0.1) is 16.4 Å². The van der Waals surface area contributed by atoms with Gasteiger partial charge in [-0.1, -0.05) is 42.4 Å². The Morgan fingerprint density at radius 1 is 1.34 bits per heavy atom. The van der Waals surface area contributed by atoms with Crippen LogP contribution in [0.15, 0.2) is 33.2 Å². The number of ether oxygens (including phenoxy) is 1. The maximum Gasteiger partial charge on any atom is 0.147 e. The van der Waals surface area contributed by atoms with Gasteiger partial charge in [0, 0.05) is 20.9 Å². The van der Waals surface area contributed by atoms with Crippen LogP contribution in [0, 0.1) is 0 Å². The van der Waals surface area contributed by atoms with E-state index in [1.165, 1.54) is 27.8 Å². The van der Waals surface area contributed by atoms with Gasteiger partial charge >= 0.3 is 0 Å². The maximum atomic E-state index is 11.2. The Morgan fingerprint density at radius 3 is 2.78 bits per heavy atom. The lowest BCUT2D eigenvalue weighted by Gasteiger charge is -2.41. The number of halogens is 2. The third kappa shape index (κ3) is 4.87. The van der Waals surface area contributed by atoms with Crippen LogP contribution in [-0.4, -0.2) is 70.6 Å². The minimum absolute atomic E-state index is 0.157. The fraction of sp³-hybridized carbons (Fsp3) is 0.474. The summed E-state index contributed by atoms with van der Waals surface area (Å²) in [4.78, 5) is 9.50. The van der Waals surface area contributed by atoms with Gasteiger partial charge in [-0.2, -0.15) is 0 Å². The van der Waals surface area contributed by atoms with Gasteiger partial charge < -0.3 is 20.1 Å². The molecular weight excluding hydrogens is 542 g/mol. The van der Waals surface area contributed by atoms with Crippen LogP contribution < -0.4 is 0 Å². The fourth-order valence-corrected chi connectivity index (χ4v) is 6.19. The SMILES string of the molecule is CC(C)c1ncc(Br)cc1SC1OC(CO)C(O)C(n2cc(-c3nc(Cl)cs3)nn2)C1O. The average Bonchev–Trinajstić information content (AvgIpc) is 3.39. The zero-order valence-corrected chi connectivity index (χ0v) is 21.0. The summed E-state index contributed by atoms with van der Waals surface area (Å²) < 4.78 is 8.05. The van der Waals surface area contributed by atoms with E-state index in [9.17, 15) is 15.3 Å². The number of thiazole rings is 1. The molecule has 1 aliphatic heterocycles. The Kier molecular flexibility index (Phi) is 7.52. The van der Waals surface area contributed by atoms with Crippen molar-refractivity contribution >= 4 is 50.6 Å². The van der Waals surface area contributed by atoms with Crippen LogP contribution in [0.3, 0.4) is 0 Å². The Hall–Kier alpha value is -1.12. The highest BCUT2D eigenvalue weighted by molar-refractivity contribution is 9.10. The van der Waals surface area contributed by atoms with Crippen molar-refractivity contribution in [2.75, 3.05) is 6.61 Å². The number of thioether (sulfide) groups is 1. The Labute approximate surface area is 205 Å². The number of rotatable bonds is 6. The first-order valence-corrected chi connectivity index (χ1v) is 12.7. The Balaban J connectivity index is 1.64. The molecule has 0 aliphatic carbocycles. The summed E-state index contributed by atoms with van der Waals surface area (Å²) in [6.07, 6.45) is 0.0549. The van der Waals surface area contributed by atoms with Gasteiger partial charge in [0.1, 0.15) is 45.6 Å². The topological polar surface area (TPSA) is 126 Å². The molecule has 4 heterocycles. The molecule has 0 aromatic carbocycles. The predicted octanol–water partition coefficient (Wildman–Crippen LogP) is 3.11. The first kappa shape index (κ1) is 24.0.